The van der Waals surface area contributed by atoms with Gasteiger partial charge in [0.25, 0.3) is 0 Å². The Kier molecular flexibility index (Phi) is 42.0. The fourth-order valence-corrected chi connectivity index (χ4v) is 6.34. The third-order valence-electron chi connectivity index (χ3n) is 9.82. The normalized spacial score (nSPS) is 12.4. The van der Waals surface area contributed by atoms with Gasteiger partial charge < -0.3 is 14.2 Å². The Bertz CT molecular complexity index is 980. The molecule has 0 saturated carbocycles. The van der Waals surface area contributed by atoms with Crippen LogP contribution in [0.3, 0.4) is 0 Å². The zero-order valence-corrected chi connectivity index (χ0v) is 36.2. The lowest BCUT2D eigenvalue weighted by atomic mass is 10.1. The van der Waals surface area contributed by atoms with Crippen LogP contribution in [0, 0.1) is 0 Å². The van der Waals surface area contributed by atoms with E-state index in [-0.39, 0.29) is 37.5 Å². The highest BCUT2D eigenvalue weighted by atomic mass is 16.6. The molecule has 0 bridgehead atoms. The summed E-state index contributed by atoms with van der Waals surface area (Å²) in [4.78, 5) is 37.7. The molecule has 6 nitrogen and oxygen atoms in total. The molecule has 0 fully saturated rings. The van der Waals surface area contributed by atoms with E-state index in [1.165, 1.54) is 109 Å². The Morgan fingerprint density at radius 2 is 0.727 bits per heavy atom. The Balaban J connectivity index is 4.39. The van der Waals surface area contributed by atoms with Crippen LogP contribution in [0.5, 0.6) is 0 Å². The van der Waals surface area contributed by atoms with Crippen LogP contribution < -0.4 is 0 Å². The molecule has 0 rings (SSSR count). The lowest BCUT2D eigenvalue weighted by Gasteiger charge is -2.18. The Morgan fingerprint density at radius 3 is 1.18 bits per heavy atom. The summed E-state index contributed by atoms with van der Waals surface area (Å²) in [7, 11) is 0. The van der Waals surface area contributed by atoms with Crippen molar-refractivity contribution in [2.75, 3.05) is 13.2 Å². The highest BCUT2D eigenvalue weighted by Gasteiger charge is 2.19. The molecule has 0 radical (unpaired) electrons. The molecule has 6 heteroatoms. The molecule has 0 amide bonds. The molecule has 55 heavy (non-hydrogen) atoms. The van der Waals surface area contributed by atoms with Gasteiger partial charge in [0.15, 0.2) is 6.10 Å². The van der Waals surface area contributed by atoms with Crippen molar-refractivity contribution in [3.8, 4) is 0 Å². The molecule has 0 saturated heterocycles. The zero-order valence-electron chi connectivity index (χ0n) is 36.2. The second kappa shape index (κ2) is 44.1. The first-order valence-corrected chi connectivity index (χ1v) is 23.1. The van der Waals surface area contributed by atoms with E-state index in [0.29, 0.717) is 19.3 Å². The number of carbonyl (C=O) groups excluding carboxylic acids is 3. The van der Waals surface area contributed by atoms with Gasteiger partial charge >= 0.3 is 17.9 Å². The van der Waals surface area contributed by atoms with Crippen LogP contribution in [0.15, 0.2) is 48.6 Å². The molecule has 318 valence electrons. The van der Waals surface area contributed by atoms with Gasteiger partial charge in [0.1, 0.15) is 13.2 Å². The molecule has 1 unspecified atom stereocenters. The lowest BCUT2D eigenvalue weighted by Crippen LogP contribution is -2.30. The predicted octanol–water partition coefficient (Wildman–Crippen LogP) is 14.8. The second-order valence-electron chi connectivity index (χ2n) is 15.3. The molecular weight excluding hydrogens is 685 g/mol. The van der Waals surface area contributed by atoms with Crippen LogP contribution in [-0.2, 0) is 28.6 Å². The van der Waals surface area contributed by atoms with Crippen LogP contribution >= 0.6 is 0 Å². The molecule has 1 atom stereocenters. The monoisotopic (exact) mass is 771 g/mol. The van der Waals surface area contributed by atoms with E-state index >= 15 is 0 Å². The van der Waals surface area contributed by atoms with Crippen LogP contribution in [0.4, 0.5) is 0 Å². The van der Waals surface area contributed by atoms with Gasteiger partial charge in [-0.05, 0) is 70.6 Å². The maximum atomic E-state index is 12.7. The van der Waals surface area contributed by atoms with Crippen molar-refractivity contribution in [3.63, 3.8) is 0 Å². The third kappa shape index (κ3) is 42.4. The first-order chi connectivity index (χ1) is 27.0. The van der Waals surface area contributed by atoms with E-state index in [2.05, 4.69) is 69.4 Å². The van der Waals surface area contributed by atoms with Gasteiger partial charge in [-0.15, -0.1) is 0 Å². The van der Waals surface area contributed by atoms with Gasteiger partial charge in [-0.1, -0.05) is 185 Å². The Morgan fingerprint density at radius 1 is 0.382 bits per heavy atom. The maximum absolute atomic E-state index is 12.7. The summed E-state index contributed by atoms with van der Waals surface area (Å²) in [6.07, 6.45) is 51.1. The van der Waals surface area contributed by atoms with Gasteiger partial charge in [0, 0.05) is 19.3 Å². The number of hydrogen-bond donors (Lipinski definition) is 0. The van der Waals surface area contributed by atoms with Crippen molar-refractivity contribution >= 4 is 17.9 Å². The van der Waals surface area contributed by atoms with E-state index in [4.69, 9.17) is 14.2 Å². The molecule has 0 aromatic carbocycles. The highest BCUT2D eigenvalue weighted by molar-refractivity contribution is 5.71. The molecule has 0 spiro atoms. The molecule has 0 aliphatic carbocycles. The van der Waals surface area contributed by atoms with E-state index in [9.17, 15) is 14.4 Å². The summed E-state index contributed by atoms with van der Waals surface area (Å²) in [6.45, 7) is 6.44. The standard InChI is InChI=1S/C49H86O6/c1-4-7-10-13-16-19-22-23-24-25-26-28-30-33-36-39-42-48(51)54-45-46(44-53-47(50)41-38-35-32-29-21-18-15-12-9-6-3)55-49(52)43-40-37-34-31-27-20-17-14-11-8-5-2/h8,11,17,20,24-25,31,34,46H,4-7,9-10,12-16,18-19,21-23,26-30,32-33,35-45H2,1-3H3/b11-8-,20-17-,25-24-,34-31-. The maximum Gasteiger partial charge on any atom is 0.306 e. The molecule has 0 aliphatic rings. The molecule has 0 aromatic heterocycles. The van der Waals surface area contributed by atoms with E-state index in [1.807, 2.05) is 0 Å². The minimum absolute atomic E-state index is 0.0945. The number of ether oxygens (including phenoxy) is 3. The summed E-state index contributed by atoms with van der Waals surface area (Å²) in [6, 6.07) is 0. The summed E-state index contributed by atoms with van der Waals surface area (Å²) in [5.41, 5.74) is 0. The van der Waals surface area contributed by atoms with Crippen LogP contribution in [-0.4, -0.2) is 37.2 Å². The fraction of sp³-hybridized carbons (Fsp3) is 0.776. The van der Waals surface area contributed by atoms with E-state index < -0.39 is 6.10 Å². The van der Waals surface area contributed by atoms with Crippen LogP contribution in [0.1, 0.15) is 226 Å². The number of carbonyl (C=O) groups is 3. The quantitative estimate of drug-likeness (QED) is 0.0267. The topological polar surface area (TPSA) is 78.9 Å². The number of esters is 3. The first kappa shape index (κ1) is 52.4. The van der Waals surface area contributed by atoms with Gasteiger partial charge in [0.05, 0.1) is 0 Å². The average Bonchev–Trinajstić information content (AvgIpc) is 3.18. The van der Waals surface area contributed by atoms with Crippen molar-refractivity contribution in [2.24, 2.45) is 0 Å². The average molecular weight is 771 g/mol. The number of allylic oxidation sites excluding steroid dienone is 8. The summed E-state index contributed by atoms with van der Waals surface area (Å²) in [5.74, 6) is -0.960. The Hall–Kier alpha value is -2.63. The zero-order chi connectivity index (χ0) is 40.1. The predicted molar refractivity (Wildman–Crippen MR) is 233 cm³/mol. The summed E-state index contributed by atoms with van der Waals surface area (Å²) in [5, 5.41) is 0. The molecule has 0 aliphatic heterocycles. The molecular formula is C49H86O6. The number of rotatable bonds is 41. The van der Waals surface area contributed by atoms with E-state index in [0.717, 1.165) is 70.6 Å². The minimum atomic E-state index is -0.797. The SMILES string of the molecule is CC/C=C\C/C=C\C/C=C\CCCC(=O)OC(COC(=O)CCCCCCC/C=C\CCCCCCCCC)COC(=O)CCCCCCCCCCCC. The Labute approximate surface area is 339 Å². The van der Waals surface area contributed by atoms with Gasteiger partial charge in [0.2, 0.25) is 0 Å². The third-order valence-corrected chi connectivity index (χ3v) is 9.82. The van der Waals surface area contributed by atoms with Crippen molar-refractivity contribution in [2.45, 2.75) is 232 Å². The summed E-state index contributed by atoms with van der Waals surface area (Å²) < 4.78 is 16.6. The van der Waals surface area contributed by atoms with E-state index in [1.54, 1.807) is 0 Å². The number of unbranched alkanes of at least 4 members (excludes halogenated alkanes) is 22. The largest absolute Gasteiger partial charge is 0.462 e. The van der Waals surface area contributed by atoms with Crippen molar-refractivity contribution in [1.82, 2.24) is 0 Å². The summed E-state index contributed by atoms with van der Waals surface area (Å²) >= 11 is 0. The highest BCUT2D eigenvalue weighted by Crippen LogP contribution is 2.14. The lowest BCUT2D eigenvalue weighted by molar-refractivity contribution is -0.167. The second-order valence-corrected chi connectivity index (χ2v) is 15.3. The van der Waals surface area contributed by atoms with Gasteiger partial charge in [-0.25, -0.2) is 0 Å². The van der Waals surface area contributed by atoms with Gasteiger partial charge in [-0.2, -0.15) is 0 Å². The minimum Gasteiger partial charge on any atom is -0.462 e. The number of hydrogen-bond acceptors (Lipinski definition) is 6. The van der Waals surface area contributed by atoms with Gasteiger partial charge in [-0.3, -0.25) is 14.4 Å². The van der Waals surface area contributed by atoms with Crippen molar-refractivity contribution < 1.29 is 28.6 Å². The van der Waals surface area contributed by atoms with Crippen molar-refractivity contribution in [1.29, 1.82) is 0 Å². The molecule has 0 N–H and O–H groups in total. The van der Waals surface area contributed by atoms with Crippen molar-refractivity contribution in [3.05, 3.63) is 48.6 Å². The smallest absolute Gasteiger partial charge is 0.306 e. The molecule has 0 heterocycles. The first-order valence-electron chi connectivity index (χ1n) is 23.1. The fourth-order valence-electron chi connectivity index (χ4n) is 6.34. The van der Waals surface area contributed by atoms with Crippen LogP contribution in [0.25, 0.3) is 0 Å². The van der Waals surface area contributed by atoms with Crippen LogP contribution in [0.2, 0.25) is 0 Å². The molecule has 0 aromatic rings.